The number of hydrogen-bond donors (Lipinski definition) is 9. The number of carbonyl (C=O) groups excluding carboxylic acids is 3. The van der Waals surface area contributed by atoms with Crippen LogP contribution in [-0.4, -0.2) is 89.4 Å². The van der Waals surface area contributed by atoms with Gasteiger partial charge < -0.3 is 47.5 Å². The van der Waals surface area contributed by atoms with Crippen molar-refractivity contribution in [1.82, 2.24) is 45.9 Å². The molecule has 3 aromatic rings. The predicted molar refractivity (Wildman–Crippen MR) is 141 cm³/mol. The van der Waals surface area contributed by atoms with Gasteiger partial charge in [-0.15, -0.1) is 0 Å². The van der Waals surface area contributed by atoms with Crippen LogP contribution in [0.25, 0.3) is 0 Å². The Morgan fingerprint density at radius 1 is 0.725 bits per heavy atom. The molecule has 0 spiro atoms. The molecule has 0 bridgehead atoms. The van der Waals surface area contributed by atoms with E-state index in [4.69, 9.17) is 11.5 Å². The number of nitrogens with two attached hydrogens (primary N) is 2. The maximum Gasteiger partial charge on any atom is 0.326 e. The van der Waals surface area contributed by atoms with Crippen LogP contribution in [0.5, 0.6) is 0 Å². The summed E-state index contributed by atoms with van der Waals surface area (Å²) >= 11 is 0. The number of aromatic nitrogens is 6. The van der Waals surface area contributed by atoms with E-state index in [2.05, 4.69) is 45.9 Å². The number of aliphatic carboxylic acids is 1. The van der Waals surface area contributed by atoms with Gasteiger partial charge in [0, 0.05) is 54.9 Å². The highest BCUT2D eigenvalue weighted by Gasteiger charge is 2.31. The summed E-state index contributed by atoms with van der Waals surface area (Å²) in [5.41, 5.74) is 13.4. The number of imidazole rings is 3. The molecule has 216 valence electrons. The van der Waals surface area contributed by atoms with Crippen molar-refractivity contribution in [1.29, 1.82) is 0 Å². The summed E-state index contributed by atoms with van der Waals surface area (Å²) in [4.78, 5) is 71.6. The Bertz CT molecular complexity index is 1200. The third-order valence-corrected chi connectivity index (χ3v) is 6.12. The molecule has 16 heteroatoms. The van der Waals surface area contributed by atoms with Crippen molar-refractivity contribution in [2.75, 3.05) is 6.54 Å². The van der Waals surface area contributed by atoms with Gasteiger partial charge >= 0.3 is 5.97 Å². The zero-order valence-corrected chi connectivity index (χ0v) is 21.8. The Labute approximate surface area is 229 Å². The van der Waals surface area contributed by atoms with E-state index in [0.29, 0.717) is 36.5 Å². The minimum Gasteiger partial charge on any atom is -0.480 e. The van der Waals surface area contributed by atoms with Crippen molar-refractivity contribution < 1.29 is 24.3 Å². The second kappa shape index (κ2) is 15.1. The molecule has 4 unspecified atom stereocenters. The topological polar surface area (TPSA) is 263 Å². The number of unbranched alkanes of at least 4 members (excludes halogenated alkanes) is 1. The standard InChI is InChI=1S/C24H35N11O5/c25-4-2-1-3-18(22(37)35-20(24(39)40)7-16-10-29-13-32-16)33-23(38)19(6-15-9-28-12-31-15)34-21(36)17(26)5-14-8-27-11-30-14/h8-13,17-20H,1-7,25-26H2,(H,27,30)(H,28,31)(H,29,32)(H,33,38)(H,34,36)(H,35,37)(H,39,40). The first-order valence-corrected chi connectivity index (χ1v) is 12.8. The van der Waals surface area contributed by atoms with Gasteiger partial charge in [0.05, 0.1) is 25.0 Å². The molecule has 0 radical (unpaired) electrons. The normalized spacial score (nSPS) is 14.1. The molecular formula is C24H35N11O5. The molecule has 0 saturated heterocycles. The smallest absolute Gasteiger partial charge is 0.326 e. The third-order valence-electron chi connectivity index (χ3n) is 6.12. The fourth-order valence-electron chi connectivity index (χ4n) is 3.95. The van der Waals surface area contributed by atoms with E-state index in [-0.39, 0.29) is 25.7 Å². The van der Waals surface area contributed by atoms with E-state index in [1.54, 1.807) is 6.20 Å². The number of nitrogens with one attached hydrogen (secondary N) is 6. The minimum atomic E-state index is -1.26. The number of nitrogens with zero attached hydrogens (tertiary/aromatic N) is 3. The molecule has 11 N–H and O–H groups in total. The van der Waals surface area contributed by atoms with Crippen LogP contribution < -0.4 is 27.4 Å². The molecule has 0 aromatic carbocycles. The highest BCUT2D eigenvalue weighted by atomic mass is 16.4. The highest BCUT2D eigenvalue weighted by molar-refractivity contribution is 5.94. The highest BCUT2D eigenvalue weighted by Crippen LogP contribution is 2.07. The number of carbonyl (C=O) groups is 4. The van der Waals surface area contributed by atoms with Crippen LogP contribution in [0.1, 0.15) is 36.3 Å². The first kappa shape index (κ1) is 30.0. The average molecular weight is 558 g/mol. The average Bonchev–Trinajstić information content (AvgIpc) is 3.72. The Morgan fingerprint density at radius 2 is 1.20 bits per heavy atom. The number of H-pyrrole nitrogens is 3. The van der Waals surface area contributed by atoms with E-state index in [1.165, 1.54) is 31.4 Å². The maximum atomic E-state index is 13.4. The monoisotopic (exact) mass is 557 g/mol. The van der Waals surface area contributed by atoms with E-state index < -0.39 is 47.9 Å². The molecule has 16 nitrogen and oxygen atoms in total. The molecule has 40 heavy (non-hydrogen) atoms. The summed E-state index contributed by atoms with van der Waals surface area (Å²) in [5.74, 6) is -3.15. The number of carboxylic acids is 1. The van der Waals surface area contributed by atoms with Crippen molar-refractivity contribution in [2.24, 2.45) is 11.5 Å². The van der Waals surface area contributed by atoms with Gasteiger partial charge in [-0.2, -0.15) is 0 Å². The Kier molecular flexibility index (Phi) is 11.3. The predicted octanol–water partition coefficient (Wildman–Crippen LogP) is -2.12. The van der Waals surface area contributed by atoms with Gasteiger partial charge in [0.1, 0.15) is 18.1 Å². The number of amides is 3. The molecule has 0 aliphatic carbocycles. The Hall–Kier alpha value is -4.57. The molecular weight excluding hydrogens is 522 g/mol. The third kappa shape index (κ3) is 9.32. The molecule has 3 aromatic heterocycles. The molecule has 3 heterocycles. The van der Waals surface area contributed by atoms with Crippen LogP contribution in [0, 0.1) is 0 Å². The second-order valence-corrected chi connectivity index (χ2v) is 9.26. The summed E-state index contributed by atoms with van der Waals surface area (Å²) in [6.45, 7) is 0.382. The zero-order chi connectivity index (χ0) is 28.9. The molecule has 0 aliphatic heterocycles. The SMILES string of the molecule is NCCCCC(NC(=O)C(Cc1cnc[nH]1)NC(=O)C(N)Cc1cnc[nH]1)C(=O)NC(Cc1cnc[nH]1)C(=O)O. The number of rotatable bonds is 17. The molecule has 0 fully saturated rings. The lowest BCUT2D eigenvalue weighted by Gasteiger charge is -2.25. The first-order chi connectivity index (χ1) is 19.3. The fourth-order valence-corrected chi connectivity index (χ4v) is 3.95. The lowest BCUT2D eigenvalue weighted by Crippen LogP contribution is -2.58. The van der Waals surface area contributed by atoms with Gasteiger partial charge in [-0.05, 0) is 25.8 Å². The van der Waals surface area contributed by atoms with Crippen molar-refractivity contribution in [3.63, 3.8) is 0 Å². The summed E-state index contributed by atoms with van der Waals surface area (Å²) in [6, 6.07) is -4.42. The Morgan fingerprint density at radius 3 is 1.70 bits per heavy atom. The summed E-state index contributed by atoms with van der Waals surface area (Å²) in [6.07, 6.45) is 10.3. The van der Waals surface area contributed by atoms with Crippen LogP contribution in [0.4, 0.5) is 0 Å². The first-order valence-electron chi connectivity index (χ1n) is 12.8. The van der Waals surface area contributed by atoms with Crippen molar-refractivity contribution in [3.05, 3.63) is 54.7 Å². The lowest BCUT2D eigenvalue weighted by atomic mass is 10.0. The molecule has 3 rings (SSSR count). The lowest BCUT2D eigenvalue weighted by molar-refractivity contribution is -0.142. The van der Waals surface area contributed by atoms with Gasteiger partial charge in [-0.25, -0.2) is 19.7 Å². The Balaban J connectivity index is 1.72. The van der Waals surface area contributed by atoms with Gasteiger partial charge in [-0.1, -0.05) is 0 Å². The fraction of sp³-hybridized carbons (Fsp3) is 0.458. The van der Waals surface area contributed by atoms with Crippen molar-refractivity contribution in [3.8, 4) is 0 Å². The molecule has 4 atom stereocenters. The molecule has 0 aliphatic rings. The second-order valence-electron chi connectivity index (χ2n) is 9.26. The molecule has 3 amide bonds. The van der Waals surface area contributed by atoms with Crippen LogP contribution in [0.3, 0.4) is 0 Å². The number of aromatic amines is 3. The van der Waals surface area contributed by atoms with Gasteiger partial charge in [0.2, 0.25) is 17.7 Å². The number of hydrogen-bond acceptors (Lipinski definition) is 9. The minimum absolute atomic E-state index is 0.0305. The largest absolute Gasteiger partial charge is 0.480 e. The van der Waals surface area contributed by atoms with Crippen LogP contribution in [-0.2, 0) is 38.4 Å². The summed E-state index contributed by atoms with van der Waals surface area (Å²) in [7, 11) is 0. The van der Waals surface area contributed by atoms with Gasteiger partial charge in [0.15, 0.2) is 0 Å². The van der Waals surface area contributed by atoms with E-state index in [0.717, 1.165) is 0 Å². The number of carboxylic acid groups (broad SMARTS) is 1. The van der Waals surface area contributed by atoms with Crippen LogP contribution >= 0.6 is 0 Å². The quantitative estimate of drug-likeness (QED) is 0.0814. The van der Waals surface area contributed by atoms with E-state index >= 15 is 0 Å². The summed E-state index contributed by atoms with van der Waals surface area (Å²) in [5, 5.41) is 17.5. The zero-order valence-electron chi connectivity index (χ0n) is 21.8. The molecule has 0 saturated carbocycles. The van der Waals surface area contributed by atoms with Gasteiger partial charge in [-0.3, -0.25) is 14.4 Å². The van der Waals surface area contributed by atoms with E-state index in [1.807, 2.05) is 0 Å². The van der Waals surface area contributed by atoms with Crippen LogP contribution in [0.2, 0.25) is 0 Å². The summed E-state index contributed by atoms with van der Waals surface area (Å²) < 4.78 is 0. The van der Waals surface area contributed by atoms with Crippen LogP contribution in [0.15, 0.2) is 37.6 Å². The maximum absolute atomic E-state index is 13.4. The van der Waals surface area contributed by atoms with Crippen molar-refractivity contribution >= 4 is 23.7 Å². The van der Waals surface area contributed by atoms with Crippen molar-refractivity contribution in [2.45, 2.75) is 62.7 Å². The van der Waals surface area contributed by atoms with Gasteiger partial charge in [0.25, 0.3) is 0 Å². The van der Waals surface area contributed by atoms with E-state index in [9.17, 15) is 24.3 Å².